The molecule has 2 N–H and O–H groups in total. The third-order valence-corrected chi connectivity index (χ3v) is 4.58. The van der Waals surface area contributed by atoms with E-state index in [2.05, 4.69) is 51.7 Å². The highest BCUT2D eigenvalue weighted by molar-refractivity contribution is 7.80. The molecule has 0 unspecified atom stereocenters. The monoisotopic (exact) mass is 356 g/mol. The Balaban J connectivity index is 1.58. The molecule has 1 atom stereocenters. The van der Waals surface area contributed by atoms with Crippen LogP contribution in [0.2, 0.25) is 0 Å². The molecule has 3 rings (SSSR count). The molecule has 1 aliphatic heterocycles. The number of nitrogens with one attached hydrogen (secondary N) is 2. The van der Waals surface area contributed by atoms with Crippen molar-refractivity contribution in [3.05, 3.63) is 53.7 Å². The number of aromatic nitrogens is 1. The summed E-state index contributed by atoms with van der Waals surface area (Å²) >= 11 is 5.42. The van der Waals surface area contributed by atoms with Crippen LogP contribution < -0.4 is 15.5 Å². The van der Waals surface area contributed by atoms with Gasteiger partial charge in [0.1, 0.15) is 5.82 Å². The fourth-order valence-electron chi connectivity index (χ4n) is 2.84. The zero-order chi connectivity index (χ0) is 17.6. The van der Waals surface area contributed by atoms with E-state index in [9.17, 15) is 0 Å². The van der Waals surface area contributed by atoms with Crippen molar-refractivity contribution in [3.63, 3.8) is 0 Å². The molecule has 0 spiro atoms. The standard InChI is InChI=1S/C19H24N4OS/c1-14-4-3-9-20-18(14)22-19(25)21-15(2)16-5-7-17(8-6-16)23-10-12-24-13-11-23/h3-9,15H,10-13H2,1-2H3,(H2,20,21,22,25)/t15-/m1/s1. The van der Waals surface area contributed by atoms with E-state index in [-0.39, 0.29) is 6.04 Å². The van der Waals surface area contributed by atoms with Gasteiger partial charge in [-0.3, -0.25) is 0 Å². The van der Waals surface area contributed by atoms with Crippen molar-refractivity contribution in [2.45, 2.75) is 19.9 Å². The van der Waals surface area contributed by atoms with Gasteiger partial charge in [-0.2, -0.15) is 0 Å². The summed E-state index contributed by atoms with van der Waals surface area (Å²) in [5.41, 5.74) is 3.50. The fraction of sp³-hybridized carbons (Fsp3) is 0.368. The number of pyridine rings is 1. The fourth-order valence-corrected chi connectivity index (χ4v) is 3.11. The Morgan fingerprint density at radius 2 is 1.92 bits per heavy atom. The minimum Gasteiger partial charge on any atom is -0.378 e. The molecule has 0 amide bonds. The molecule has 0 radical (unpaired) electrons. The lowest BCUT2D eigenvalue weighted by atomic mass is 10.1. The van der Waals surface area contributed by atoms with Gasteiger partial charge < -0.3 is 20.3 Å². The molecule has 0 bridgehead atoms. The van der Waals surface area contributed by atoms with Crippen molar-refractivity contribution in [3.8, 4) is 0 Å². The molecule has 2 heterocycles. The second kappa shape index (κ2) is 8.27. The first-order valence-corrected chi connectivity index (χ1v) is 8.96. The van der Waals surface area contributed by atoms with Crippen LogP contribution in [0.1, 0.15) is 24.1 Å². The van der Waals surface area contributed by atoms with Crippen LogP contribution in [0.25, 0.3) is 0 Å². The number of ether oxygens (including phenoxy) is 1. The van der Waals surface area contributed by atoms with Crippen molar-refractivity contribution >= 4 is 28.8 Å². The second-order valence-electron chi connectivity index (χ2n) is 6.18. The van der Waals surface area contributed by atoms with E-state index < -0.39 is 0 Å². The number of rotatable bonds is 4. The summed E-state index contributed by atoms with van der Waals surface area (Å²) in [6.07, 6.45) is 1.76. The molecular formula is C19H24N4OS. The van der Waals surface area contributed by atoms with Crippen LogP contribution in [0.15, 0.2) is 42.6 Å². The average Bonchev–Trinajstić information content (AvgIpc) is 2.64. The highest BCUT2D eigenvalue weighted by Gasteiger charge is 2.12. The zero-order valence-electron chi connectivity index (χ0n) is 14.7. The van der Waals surface area contributed by atoms with Crippen molar-refractivity contribution < 1.29 is 4.74 Å². The molecule has 2 aromatic rings. The smallest absolute Gasteiger partial charge is 0.172 e. The van der Waals surface area contributed by atoms with E-state index in [1.165, 1.54) is 11.3 Å². The lowest BCUT2D eigenvalue weighted by Gasteiger charge is -2.29. The van der Waals surface area contributed by atoms with Gasteiger partial charge >= 0.3 is 0 Å². The summed E-state index contributed by atoms with van der Waals surface area (Å²) in [7, 11) is 0. The quantitative estimate of drug-likeness (QED) is 0.820. The second-order valence-corrected chi connectivity index (χ2v) is 6.59. The third kappa shape index (κ3) is 4.67. The summed E-state index contributed by atoms with van der Waals surface area (Å²) in [4.78, 5) is 6.66. The van der Waals surface area contributed by atoms with Crippen molar-refractivity contribution in [1.29, 1.82) is 0 Å². The molecule has 1 aromatic heterocycles. The Labute approximate surface area is 154 Å². The molecule has 0 saturated carbocycles. The Morgan fingerprint density at radius 3 is 2.60 bits per heavy atom. The maximum atomic E-state index is 5.42. The van der Waals surface area contributed by atoms with E-state index in [0.717, 1.165) is 37.7 Å². The Bertz CT molecular complexity index is 714. The Morgan fingerprint density at radius 1 is 1.20 bits per heavy atom. The van der Waals surface area contributed by atoms with Crippen LogP contribution in [-0.4, -0.2) is 36.4 Å². The van der Waals surface area contributed by atoms with Crippen LogP contribution >= 0.6 is 12.2 Å². The van der Waals surface area contributed by atoms with Gasteiger partial charge in [-0.1, -0.05) is 18.2 Å². The molecule has 1 saturated heterocycles. The molecule has 6 heteroatoms. The number of hydrogen-bond donors (Lipinski definition) is 2. The van der Waals surface area contributed by atoms with Gasteiger partial charge in [0.15, 0.2) is 5.11 Å². The largest absolute Gasteiger partial charge is 0.378 e. The molecule has 1 aliphatic rings. The Kier molecular flexibility index (Phi) is 5.83. The number of morpholine rings is 1. The van der Waals surface area contributed by atoms with E-state index in [1.807, 2.05) is 19.1 Å². The van der Waals surface area contributed by atoms with Gasteiger partial charge in [-0.15, -0.1) is 0 Å². The molecular weight excluding hydrogens is 332 g/mol. The third-order valence-electron chi connectivity index (χ3n) is 4.36. The SMILES string of the molecule is Cc1cccnc1NC(=S)N[C@H](C)c1ccc(N2CCOCC2)cc1. The number of benzene rings is 1. The lowest BCUT2D eigenvalue weighted by molar-refractivity contribution is 0.122. The molecule has 1 aromatic carbocycles. The van der Waals surface area contributed by atoms with Crippen LogP contribution in [0.3, 0.4) is 0 Å². The summed E-state index contributed by atoms with van der Waals surface area (Å²) in [6, 6.07) is 12.7. The summed E-state index contributed by atoms with van der Waals surface area (Å²) < 4.78 is 5.41. The molecule has 5 nitrogen and oxygen atoms in total. The summed E-state index contributed by atoms with van der Waals surface area (Å²) in [5, 5.41) is 7.05. The molecule has 25 heavy (non-hydrogen) atoms. The maximum Gasteiger partial charge on any atom is 0.172 e. The van der Waals surface area contributed by atoms with E-state index >= 15 is 0 Å². The van der Waals surface area contributed by atoms with Gasteiger partial charge in [0.05, 0.1) is 19.3 Å². The normalized spacial score (nSPS) is 15.5. The van der Waals surface area contributed by atoms with E-state index in [4.69, 9.17) is 17.0 Å². The topological polar surface area (TPSA) is 49.4 Å². The Hall–Kier alpha value is -2.18. The minimum atomic E-state index is 0.114. The highest BCUT2D eigenvalue weighted by atomic mass is 32.1. The summed E-state index contributed by atoms with van der Waals surface area (Å²) in [5.74, 6) is 0.787. The minimum absolute atomic E-state index is 0.114. The predicted octanol–water partition coefficient (Wildman–Crippen LogP) is 3.27. The highest BCUT2D eigenvalue weighted by Crippen LogP contribution is 2.20. The maximum absolute atomic E-state index is 5.42. The first-order valence-electron chi connectivity index (χ1n) is 8.55. The first kappa shape index (κ1) is 17.6. The van der Waals surface area contributed by atoms with Crippen molar-refractivity contribution in [1.82, 2.24) is 10.3 Å². The number of nitrogens with zero attached hydrogens (tertiary/aromatic N) is 2. The lowest BCUT2D eigenvalue weighted by Crippen LogP contribution is -2.36. The van der Waals surface area contributed by atoms with Gasteiger partial charge in [0.25, 0.3) is 0 Å². The first-order chi connectivity index (χ1) is 12.1. The number of hydrogen-bond acceptors (Lipinski definition) is 4. The predicted molar refractivity (Wildman–Crippen MR) is 106 cm³/mol. The van der Waals surface area contributed by atoms with Crippen LogP contribution in [0.5, 0.6) is 0 Å². The number of aryl methyl sites for hydroxylation is 1. The zero-order valence-corrected chi connectivity index (χ0v) is 15.5. The van der Waals surface area contributed by atoms with E-state index in [1.54, 1.807) is 6.20 Å². The van der Waals surface area contributed by atoms with E-state index in [0.29, 0.717) is 5.11 Å². The van der Waals surface area contributed by atoms with Gasteiger partial charge in [-0.25, -0.2) is 4.98 Å². The van der Waals surface area contributed by atoms with Crippen LogP contribution in [-0.2, 0) is 4.74 Å². The summed E-state index contributed by atoms with van der Waals surface area (Å²) in [6.45, 7) is 7.60. The van der Waals surface area contributed by atoms with Gasteiger partial charge in [0.2, 0.25) is 0 Å². The number of thiocarbonyl (C=S) groups is 1. The van der Waals surface area contributed by atoms with Crippen LogP contribution in [0.4, 0.5) is 11.5 Å². The molecule has 0 aliphatic carbocycles. The molecule has 1 fully saturated rings. The van der Waals surface area contributed by atoms with Gasteiger partial charge in [-0.05, 0) is 55.4 Å². The van der Waals surface area contributed by atoms with Gasteiger partial charge in [0, 0.05) is 25.0 Å². The number of anilines is 2. The van der Waals surface area contributed by atoms with Crippen LogP contribution in [0, 0.1) is 6.92 Å². The van der Waals surface area contributed by atoms with Crippen molar-refractivity contribution in [2.24, 2.45) is 0 Å². The molecule has 132 valence electrons. The average molecular weight is 356 g/mol. The van der Waals surface area contributed by atoms with Crippen molar-refractivity contribution in [2.75, 3.05) is 36.5 Å².